The van der Waals surface area contributed by atoms with Crippen LogP contribution in [0.25, 0.3) is 0 Å². The molecule has 0 aromatic rings. The molecule has 0 spiro atoms. The molecule has 1 aliphatic heterocycles. The third-order valence-corrected chi connectivity index (χ3v) is 3.91. The zero-order valence-electron chi connectivity index (χ0n) is 10.9. The summed E-state index contributed by atoms with van der Waals surface area (Å²) in [6.45, 7) is 2.92. The number of likely N-dealkylation sites (tertiary alicyclic amines) is 1. The van der Waals surface area contributed by atoms with E-state index >= 15 is 0 Å². The number of halogens is 1. The Labute approximate surface area is 115 Å². The van der Waals surface area contributed by atoms with Crippen molar-refractivity contribution in [1.82, 2.24) is 4.90 Å². The minimum Gasteiger partial charge on any atom is -0.338 e. The summed E-state index contributed by atoms with van der Waals surface area (Å²) in [6, 6.07) is 0.375. The lowest BCUT2D eigenvalue weighted by atomic mass is 9.96. The molecule has 0 aromatic carbocycles. The molecular weight excluding hydrogens is 256 g/mol. The fraction of sp³-hybridized carbons (Fsp3) is 0.917. The topological polar surface area (TPSA) is 46.3 Å². The van der Waals surface area contributed by atoms with Gasteiger partial charge < -0.3 is 10.6 Å². The minimum atomic E-state index is 0. The number of hydrogen-bond acceptors (Lipinski definition) is 3. The number of amides is 1. The standard InChI is InChI=1S/C12H24N2OS.ClH/c1-10(13)11-6-3-4-8-14(11)12(15)7-5-9-16-2;/h10-11H,3-9,13H2,1-2H3;1H. The molecule has 2 atom stereocenters. The van der Waals surface area contributed by atoms with E-state index in [0.29, 0.717) is 12.3 Å². The maximum absolute atomic E-state index is 12.0. The van der Waals surface area contributed by atoms with Crippen molar-refractivity contribution in [3.8, 4) is 0 Å². The van der Waals surface area contributed by atoms with Crippen molar-refractivity contribution >= 4 is 30.1 Å². The Bertz CT molecular complexity index is 227. The molecule has 3 nitrogen and oxygen atoms in total. The summed E-state index contributed by atoms with van der Waals surface area (Å²) in [4.78, 5) is 14.1. The zero-order valence-corrected chi connectivity index (χ0v) is 12.5. The van der Waals surface area contributed by atoms with Crippen LogP contribution < -0.4 is 5.73 Å². The van der Waals surface area contributed by atoms with E-state index in [1.165, 1.54) is 6.42 Å². The molecule has 0 aromatic heterocycles. The first-order valence-electron chi connectivity index (χ1n) is 6.20. The van der Waals surface area contributed by atoms with Gasteiger partial charge in [0.25, 0.3) is 0 Å². The molecule has 17 heavy (non-hydrogen) atoms. The Balaban J connectivity index is 0.00000256. The number of piperidine rings is 1. The summed E-state index contributed by atoms with van der Waals surface area (Å²) in [5.74, 6) is 1.37. The van der Waals surface area contributed by atoms with Crippen molar-refractivity contribution in [2.75, 3.05) is 18.6 Å². The molecule has 1 fully saturated rings. The van der Waals surface area contributed by atoms with E-state index in [0.717, 1.165) is 31.6 Å². The second-order valence-electron chi connectivity index (χ2n) is 4.61. The van der Waals surface area contributed by atoms with Gasteiger partial charge in [0.05, 0.1) is 0 Å². The van der Waals surface area contributed by atoms with Gasteiger partial charge in [0.15, 0.2) is 0 Å². The van der Waals surface area contributed by atoms with Crippen LogP contribution in [-0.4, -0.2) is 41.4 Å². The Kier molecular flexibility index (Phi) is 9.10. The van der Waals surface area contributed by atoms with Crippen LogP contribution in [0.5, 0.6) is 0 Å². The third kappa shape index (κ3) is 5.49. The van der Waals surface area contributed by atoms with Crippen LogP contribution in [0, 0.1) is 0 Å². The van der Waals surface area contributed by atoms with Crippen LogP contribution in [0.1, 0.15) is 39.0 Å². The van der Waals surface area contributed by atoms with E-state index < -0.39 is 0 Å². The number of nitrogens with zero attached hydrogens (tertiary/aromatic N) is 1. The molecule has 0 saturated carbocycles. The van der Waals surface area contributed by atoms with Gasteiger partial charge in [-0.1, -0.05) is 0 Å². The van der Waals surface area contributed by atoms with Gasteiger partial charge in [-0.15, -0.1) is 12.4 Å². The summed E-state index contributed by atoms with van der Waals surface area (Å²) in [5.41, 5.74) is 5.95. The third-order valence-electron chi connectivity index (χ3n) is 3.22. The molecule has 1 heterocycles. The second-order valence-corrected chi connectivity index (χ2v) is 5.59. The molecule has 0 bridgehead atoms. The van der Waals surface area contributed by atoms with E-state index in [-0.39, 0.29) is 24.5 Å². The van der Waals surface area contributed by atoms with Gasteiger partial charge >= 0.3 is 0 Å². The van der Waals surface area contributed by atoms with Crippen molar-refractivity contribution in [1.29, 1.82) is 0 Å². The fourth-order valence-electron chi connectivity index (χ4n) is 2.33. The molecular formula is C12H25ClN2OS. The van der Waals surface area contributed by atoms with Gasteiger partial charge in [0.2, 0.25) is 5.91 Å². The van der Waals surface area contributed by atoms with E-state index in [1.54, 1.807) is 11.8 Å². The predicted molar refractivity (Wildman–Crippen MR) is 77.9 cm³/mol. The molecule has 102 valence electrons. The van der Waals surface area contributed by atoms with E-state index in [9.17, 15) is 4.79 Å². The highest BCUT2D eigenvalue weighted by atomic mass is 35.5. The number of carbonyl (C=O) groups excluding carboxylic acids is 1. The van der Waals surface area contributed by atoms with Crippen molar-refractivity contribution in [3.05, 3.63) is 0 Å². The largest absolute Gasteiger partial charge is 0.338 e. The summed E-state index contributed by atoms with van der Waals surface area (Å²) >= 11 is 1.80. The molecule has 1 aliphatic rings. The quantitative estimate of drug-likeness (QED) is 0.786. The highest BCUT2D eigenvalue weighted by Gasteiger charge is 2.28. The van der Waals surface area contributed by atoms with Crippen molar-refractivity contribution in [3.63, 3.8) is 0 Å². The van der Waals surface area contributed by atoms with Crippen LogP contribution in [0.3, 0.4) is 0 Å². The molecule has 0 aliphatic carbocycles. The first-order valence-corrected chi connectivity index (χ1v) is 7.60. The molecule has 0 radical (unpaired) electrons. The minimum absolute atomic E-state index is 0. The molecule has 2 unspecified atom stereocenters. The molecule has 1 saturated heterocycles. The van der Waals surface area contributed by atoms with Crippen LogP contribution in [0.15, 0.2) is 0 Å². The monoisotopic (exact) mass is 280 g/mol. The highest BCUT2D eigenvalue weighted by Crippen LogP contribution is 2.20. The summed E-state index contributed by atoms with van der Waals surface area (Å²) < 4.78 is 0. The number of carbonyl (C=O) groups is 1. The molecule has 1 amide bonds. The second kappa shape index (κ2) is 9.06. The van der Waals surface area contributed by atoms with Gasteiger partial charge in [-0.05, 0) is 44.6 Å². The zero-order chi connectivity index (χ0) is 12.0. The Hall–Kier alpha value is 0.0700. The first-order chi connectivity index (χ1) is 7.66. The molecule has 1 rings (SSSR count). The first kappa shape index (κ1) is 17.1. The van der Waals surface area contributed by atoms with E-state index in [4.69, 9.17) is 5.73 Å². The lowest BCUT2D eigenvalue weighted by Crippen LogP contribution is -2.51. The van der Waals surface area contributed by atoms with Gasteiger partial charge in [-0.2, -0.15) is 11.8 Å². The summed E-state index contributed by atoms with van der Waals surface area (Å²) in [5, 5.41) is 0. The van der Waals surface area contributed by atoms with E-state index in [2.05, 4.69) is 6.26 Å². The van der Waals surface area contributed by atoms with Crippen molar-refractivity contribution < 1.29 is 4.79 Å². The average Bonchev–Trinajstić information content (AvgIpc) is 2.29. The van der Waals surface area contributed by atoms with Crippen LogP contribution in [0.4, 0.5) is 0 Å². The highest BCUT2D eigenvalue weighted by molar-refractivity contribution is 7.98. The van der Waals surface area contributed by atoms with Gasteiger partial charge in [-0.3, -0.25) is 4.79 Å². The van der Waals surface area contributed by atoms with Crippen molar-refractivity contribution in [2.45, 2.75) is 51.1 Å². The predicted octanol–water partition coefficient (Wildman–Crippen LogP) is 2.28. The summed E-state index contributed by atoms with van der Waals surface area (Å²) in [6.07, 6.45) is 7.17. The lowest BCUT2D eigenvalue weighted by Gasteiger charge is -2.38. The van der Waals surface area contributed by atoms with Gasteiger partial charge in [-0.25, -0.2) is 0 Å². The number of rotatable bonds is 5. The maximum Gasteiger partial charge on any atom is 0.222 e. The normalized spacial score (nSPS) is 21.8. The maximum atomic E-state index is 12.0. The van der Waals surface area contributed by atoms with Crippen LogP contribution in [0.2, 0.25) is 0 Å². The van der Waals surface area contributed by atoms with Crippen molar-refractivity contribution in [2.24, 2.45) is 5.73 Å². The smallest absolute Gasteiger partial charge is 0.222 e. The SMILES string of the molecule is CSCCCC(=O)N1CCCCC1C(C)N.Cl. The van der Waals surface area contributed by atoms with Gasteiger partial charge in [0, 0.05) is 25.0 Å². The molecule has 5 heteroatoms. The lowest BCUT2D eigenvalue weighted by molar-refractivity contribution is -0.135. The Morgan fingerprint density at radius 1 is 1.53 bits per heavy atom. The number of nitrogens with two attached hydrogens (primary N) is 1. The fourth-order valence-corrected chi connectivity index (χ4v) is 2.76. The van der Waals surface area contributed by atoms with Crippen LogP contribution in [-0.2, 0) is 4.79 Å². The Morgan fingerprint density at radius 3 is 2.82 bits per heavy atom. The average molecular weight is 281 g/mol. The Morgan fingerprint density at radius 2 is 2.24 bits per heavy atom. The van der Waals surface area contributed by atoms with Crippen LogP contribution >= 0.6 is 24.2 Å². The van der Waals surface area contributed by atoms with E-state index in [1.807, 2.05) is 11.8 Å². The number of thioether (sulfide) groups is 1. The summed E-state index contributed by atoms with van der Waals surface area (Å²) in [7, 11) is 0. The molecule has 2 N–H and O–H groups in total. The van der Waals surface area contributed by atoms with Gasteiger partial charge in [0.1, 0.15) is 0 Å². The number of hydrogen-bond donors (Lipinski definition) is 1.